The van der Waals surface area contributed by atoms with Crippen molar-refractivity contribution in [2.24, 2.45) is 4.99 Å². The minimum Gasteiger partial charge on any atom is -0.357 e. The number of aryl methyl sites for hydroxylation is 2. The Balaban J connectivity index is 2.25. The minimum atomic E-state index is 0.841. The second-order valence-electron chi connectivity index (χ2n) is 5.02. The third-order valence-corrected chi connectivity index (χ3v) is 3.23. The molecule has 0 saturated heterocycles. The lowest BCUT2D eigenvalue weighted by Gasteiger charge is -2.10. The van der Waals surface area contributed by atoms with Crippen LogP contribution in [-0.4, -0.2) is 35.8 Å². The molecule has 1 rings (SSSR count). The molecule has 0 amide bonds. The van der Waals surface area contributed by atoms with Gasteiger partial charge in [0.1, 0.15) is 0 Å². The SMILES string of the molecule is CCCCCNC(=NCCCc1cn[nH]c1C)NCC. The molecule has 0 spiro atoms. The predicted molar refractivity (Wildman–Crippen MR) is 85.2 cm³/mol. The molecule has 5 nitrogen and oxygen atoms in total. The number of hydrogen-bond donors (Lipinski definition) is 3. The first-order valence-electron chi connectivity index (χ1n) is 7.79. The summed E-state index contributed by atoms with van der Waals surface area (Å²) in [6, 6.07) is 0. The molecule has 3 N–H and O–H groups in total. The Hall–Kier alpha value is -1.52. The van der Waals surface area contributed by atoms with Crippen LogP contribution in [0, 0.1) is 6.92 Å². The van der Waals surface area contributed by atoms with Gasteiger partial charge >= 0.3 is 0 Å². The number of nitrogens with one attached hydrogen (secondary N) is 3. The first-order valence-corrected chi connectivity index (χ1v) is 7.79. The molecule has 1 aromatic heterocycles. The summed E-state index contributed by atoms with van der Waals surface area (Å²) < 4.78 is 0. The molecule has 20 heavy (non-hydrogen) atoms. The molecule has 0 radical (unpaired) electrons. The Labute approximate surface area is 122 Å². The highest BCUT2D eigenvalue weighted by atomic mass is 15.2. The van der Waals surface area contributed by atoms with Gasteiger partial charge in [-0.05, 0) is 38.7 Å². The molecule has 0 bridgehead atoms. The zero-order valence-corrected chi connectivity index (χ0v) is 13.1. The van der Waals surface area contributed by atoms with Crippen LogP contribution in [0.15, 0.2) is 11.2 Å². The molecular weight excluding hydrogens is 250 g/mol. The van der Waals surface area contributed by atoms with Crippen molar-refractivity contribution in [2.75, 3.05) is 19.6 Å². The predicted octanol–water partition coefficient (Wildman–Crippen LogP) is 2.40. The Kier molecular flexibility index (Phi) is 8.51. The molecule has 0 aliphatic rings. The van der Waals surface area contributed by atoms with Gasteiger partial charge in [0.05, 0.1) is 6.20 Å². The van der Waals surface area contributed by atoms with Crippen LogP contribution in [0.2, 0.25) is 0 Å². The van der Waals surface area contributed by atoms with Gasteiger partial charge in [0.25, 0.3) is 0 Å². The fourth-order valence-electron chi connectivity index (χ4n) is 2.01. The van der Waals surface area contributed by atoms with Gasteiger partial charge in [-0.1, -0.05) is 19.8 Å². The largest absolute Gasteiger partial charge is 0.357 e. The average Bonchev–Trinajstić information content (AvgIpc) is 2.85. The summed E-state index contributed by atoms with van der Waals surface area (Å²) in [7, 11) is 0. The molecule has 0 fully saturated rings. The van der Waals surface area contributed by atoms with Crippen LogP contribution in [0.5, 0.6) is 0 Å². The van der Waals surface area contributed by atoms with E-state index in [2.05, 4.69) is 46.6 Å². The molecule has 0 aliphatic heterocycles. The fourth-order valence-corrected chi connectivity index (χ4v) is 2.01. The molecule has 0 aromatic carbocycles. The van der Waals surface area contributed by atoms with Crippen LogP contribution in [0.4, 0.5) is 0 Å². The van der Waals surface area contributed by atoms with E-state index < -0.39 is 0 Å². The monoisotopic (exact) mass is 279 g/mol. The number of aromatic nitrogens is 2. The van der Waals surface area contributed by atoms with Crippen LogP contribution >= 0.6 is 0 Å². The third kappa shape index (κ3) is 6.59. The molecule has 5 heteroatoms. The number of guanidine groups is 1. The van der Waals surface area contributed by atoms with Crippen LogP contribution in [0.25, 0.3) is 0 Å². The van der Waals surface area contributed by atoms with E-state index in [-0.39, 0.29) is 0 Å². The van der Waals surface area contributed by atoms with Gasteiger partial charge in [-0.2, -0.15) is 5.10 Å². The van der Waals surface area contributed by atoms with Gasteiger partial charge < -0.3 is 10.6 Å². The normalized spacial score (nSPS) is 11.7. The van der Waals surface area contributed by atoms with E-state index in [1.165, 1.54) is 30.5 Å². The summed E-state index contributed by atoms with van der Waals surface area (Å²) in [4.78, 5) is 4.60. The minimum absolute atomic E-state index is 0.841. The molecule has 0 unspecified atom stereocenters. The van der Waals surface area contributed by atoms with Gasteiger partial charge in [-0.25, -0.2) is 0 Å². The second-order valence-corrected chi connectivity index (χ2v) is 5.02. The number of aromatic amines is 1. The van der Waals surface area contributed by atoms with Gasteiger partial charge in [0.2, 0.25) is 0 Å². The summed E-state index contributed by atoms with van der Waals surface area (Å²) in [6.07, 6.45) is 7.71. The first-order chi connectivity index (χ1) is 9.77. The van der Waals surface area contributed by atoms with Gasteiger partial charge in [0.15, 0.2) is 5.96 Å². The van der Waals surface area contributed by atoms with E-state index in [4.69, 9.17) is 0 Å². The van der Waals surface area contributed by atoms with Gasteiger partial charge in [-0.15, -0.1) is 0 Å². The van der Waals surface area contributed by atoms with Crippen LogP contribution in [0.3, 0.4) is 0 Å². The maximum Gasteiger partial charge on any atom is 0.191 e. The molecule has 1 aromatic rings. The highest BCUT2D eigenvalue weighted by Crippen LogP contribution is 2.05. The summed E-state index contributed by atoms with van der Waals surface area (Å²) in [5.41, 5.74) is 2.46. The second kappa shape index (κ2) is 10.3. The van der Waals surface area contributed by atoms with E-state index in [1.807, 2.05) is 6.20 Å². The van der Waals surface area contributed by atoms with E-state index >= 15 is 0 Å². The third-order valence-electron chi connectivity index (χ3n) is 3.23. The summed E-state index contributed by atoms with van der Waals surface area (Å²) >= 11 is 0. The molecule has 0 saturated carbocycles. The molecule has 1 heterocycles. The van der Waals surface area contributed by atoms with Crippen molar-refractivity contribution in [1.29, 1.82) is 0 Å². The van der Waals surface area contributed by atoms with Crippen molar-refractivity contribution < 1.29 is 0 Å². The number of nitrogens with zero attached hydrogens (tertiary/aromatic N) is 2. The van der Waals surface area contributed by atoms with Crippen molar-refractivity contribution in [2.45, 2.75) is 52.9 Å². The Morgan fingerprint density at radius 3 is 2.75 bits per heavy atom. The van der Waals surface area contributed by atoms with Gasteiger partial charge in [-0.3, -0.25) is 10.1 Å². The van der Waals surface area contributed by atoms with E-state index in [0.717, 1.165) is 38.4 Å². The maximum atomic E-state index is 4.60. The maximum absolute atomic E-state index is 4.60. The van der Waals surface area contributed by atoms with Crippen LogP contribution < -0.4 is 10.6 Å². The standard InChI is InChI=1S/C15H29N5/c1-4-6-7-10-17-15(16-5-2)18-11-8-9-14-12-19-20-13(14)3/h12H,4-11H2,1-3H3,(H,19,20)(H2,16,17,18). The lowest BCUT2D eigenvalue weighted by molar-refractivity contribution is 0.681. The quantitative estimate of drug-likeness (QED) is 0.369. The number of H-pyrrole nitrogens is 1. The lowest BCUT2D eigenvalue weighted by Crippen LogP contribution is -2.37. The van der Waals surface area contributed by atoms with Crippen molar-refractivity contribution in [3.63, 3.8) is 0 Å². The number of rotatable bonds is 9. The molecule has 114 valence electrons. The van der Waals surface area contributed by atoms with Crippen molar-refractivity contribution in [1.82, 2.24) is 20.8 Å². The highest BCUT2D eigenvalue weighted by molar-refractivity contribution is 5.79. The molecule has 0 aliphatic carbocycles. The van der Waals surface area contributed by atoms with Crippen molar-refractivity contribution in [3.05, 3.63) is 17.5 Å². The van der Waals surface area contributed by atoms with Crippen molar-refractivity contribution in [3.8, 4) is 0 Å². The topological polar surface area (TPSA) is 65.1 Å². The summed E-state index contributed by atoms with van der Waals surface area (Å²) in [5, 5.41) is 13.7. The Bertz CT molecular complexity index is 383. The average molecular weight is 279 g/mol. The van der Waals surface area contributed by atoms with Gasteiger partial charge in [0, 0.05) is 25.3 Å². The van der Waals surface area contributed by atoms with Crippen molar-refractivity contribution >= 4 is 5.96 Å². The van der Waals surface area contributed by atoms with E-state index in [0.29, 0.717) is 0 Å². The molecule has 0 atom stereocenters. The molecular formula is C15H29N5. The highest BCUT2D eigenvalue weighted by Gasteiger charge is 2.00. The van der Waals surface area contributed by atoms with Crippen LogP contribution in [0.1, 0.15) is 50.8 Å². The van der Waals surface area contributed by atoms with E-state index in [9.17, 15) is 0 Å². The lowest BCUT2D eigenvalue weighted by atomic mass is 10.1. The fraction of sp³-hybridized carbons (Fsp3) is 0.733. The summed E-state index contributed by atoms with van der Waals surface area (Å²) in [5.74, 6) is 0.938. The number of unbranched alkanes of at least 4 members (excludes halogenated alkanes) is 2. The summed E-state index contributed by atoms with van der Waals surface area (Å²) in [6.45, 7) is 9.12. The number of aliphatic imine (C=N–C) groups is 1. The smallest absolute Gasteiger partial charge is 0.191 e. The Morgan fingerprint density at radius 2 is 2.10 bits per heavy atom. The zero-order valence-electron chi connectivity index (χ0n) is 13.1. The van der Waals surface area contributed by atoms with Crippen LogP contribution in [-0.2, 0) is 6.42 Å². The van der Waals surface area contributed by atoms with E-state index in [1.54, 1.807) is 0 Å². The first kappa shape index (κ1) is 16.5. The zero-order chi connectivity index (χ0) is 14.6. The Morgan fingerprint density at radius 1 is 1.25 bits per heavy atom. The number of hydrogen-bond acceptors (Lipinski definition) is 2.